The molecule has 0 aliphatic carbocycles. The van der Waals surface area contributed by atoms with Crippen LogP contribution < -0.4 is 10.5 Å². The number of hydrogen-bond donors (Lipinski definition) is 0. The lowest BCUT2D eigenvalue weighted by atomic mass is 10.2. The Hall–Kier alpha value is -2.05. The Labute approximate surface area is 107 Å². The second kappa shape index (κ2) is 4.25. The van der Waals surface area contributed by atoms with Gasteiger partial charge in [-0.2, -0.15) is 13.2 Å². The summed E-state index contributed by atoms with van der Waals surface area (Å²) in [5.41, 5.74) is -1.59. The molecule has 2 aromatic heterocycles. The molecule has 0 aliphatic heterocycles. The van der Waals surface area contributed by atoms with Crippen molar-refractivity contribution in [3.05, 3.63) is 39.9 Å². The Morgan fingerprint density at radius 1 is 1.32 bits per heavy atom. The zero-order valence-corrected chi connectivity index (χ0v) is 10.6. The van der Waals surface area contributed by atoms with Gasteiger partial charge in [-0.1, -0.05) is 0 Å². The van der Waals surface area contributed by atoms with E-state index < -0.39 is 23.0 Å². The highest BCUT2D eigenvalue weighted by Gasteiger charge is 2.36. The number of rotatable bonds is 1. The summed E-state index contributed by atoms with van der Waals surface area (Å²) in [6.07, 6.45) is -3.21. The number of halogens is 3. The maximum absolute atomic E-state index is 12.8. The van der Waals surface area contributed by atoms with E-state index in [1.54, 1.807) is 25.1 Å². The van der Waals surface area contributed by atoms with E-state index in [2.05, 4.69) is 4.98 Å². The summed E-state index contributed by atoms with van der Waals surface area (Å²) in [4.78, 5) is 17.2. The summed E-state index contributed by atoms with van der Waals surface area (Å²) < 4.78 is 39.5. The number of anilines is 1. The molecule has 0 spiro atoms. The maximum atomic E-state index is 12.8. The molecule has 0 amide bonds. The lowest BCUT2D eigenvalue weighted by molar-refractivity contribution is -0.141. The molecular weight excluding hydrogens is 259 g/mol. The number of alkyl halides is 3. The minimum atomic E-state index is -4.63. The Morgan fingerprint density at radius 3 is 2.47 bits per heavy atom. The van der Waals surface area contributed by atoms with Crippen LogP contribution in [0.2, 0.25) is 0 Å². The van der Waals surface area contributed by atoms with Crippen LogP contribution in [-0.4, -0.2) is 23.5 Å². The average Bonchev–Trinajstić information content (AvgIpc) is 2.31. The van der Waals surface area contributed by atoms with E-state index in [1.807, 2.05) is 0 Å². The fourth-order valence-electron chi connectivity index (χ4n) is 1.77. The molecule has 0 aromatic carbocycles. The van der Waals surface area contributed by atoms with Crippen molar-refractivity contribution in [2.75, 3.05) is 19.0 Å². The first-order valence-corrected chi connectivity index (χ1v) is 5.49. The van der Waals surface area contributed by atoms with Gasteiger partial charge >= 0.3 is 6.18 Å². The van der Waals surface area contributed by atoms with Crippen LogP contribution in [0.3, 0.4) is 0 Å². The third-order valence-electron chi connectivity index (χ3n) is 2.82. The molecule has 0 unspecified atom stereocenters. The summed E-state index contributed by atoms with van der Waals surface area (Å²) in [5, 5.41) is 0. The number of nitrogens with zero attached hydrogens (tertiary/aromatic N) is 3. The second-order valence-corrected chi connectivity index (χ2v) is 4.40. The highest BCUT2D eigenvalue weighted by molar-refractivity contribution is 5.55. The second-order valence-electron chi connectivity index (χ2n) is 4.40. The van der Waals surface area contributed by atoms with Crippen LogP contribution in [0, 0.1) is 6.92 Å². The normalized spacial score (nSPS) is 11.9. The van der Waals surface area contributed by atoms with Crippen molar-refractivity contribution >= 4 is 11.3 Å². The quantitative estimate of drug-likeness (QED) is 0.797. The average molecular weight is 271 g/mol. The van der Waals surface area contributed by atoms with Crippen molar-refractivity contribution in [1.29, 1.82) is 0 Å². The fourth-order valence-corrected chi connectivity index (χ4v) is 1.77. The minimum Gasteiger partial charge on any atom is -0.378 e. The summed E-state index contributed by atoms with van der Waals surface area (Å²) >= 11 is 0. The van der Waals surface area contributed by atoms with Crippen molar-refractivity contribution in [3.8, 4) is 0 Å². The largest absolute Gasteiger partial charge is 0.433 e. The van der Waals surface area contributed by atoms with E-state index in [0.29, 0.717) is 5.69 Å². The van der Waals surface area contributed by atoms with Gasteiger partial charge in [0.15, 0.2) is 5.69 Å². The van der Waals surface area contributed by atoms with Crippen molar-refractivity contribution in [1.82, 2.24) is 9.38 Å². The van der Waals surface area contributed by atoms with Crippen LogP contribution in [0.15, 0.2) is 23.1 Å². The van der Waals surface area contributed by atoms with Crippen LogP contribution in [0.1, 0.15) is 11.3 Å². The van der Waals surface area contributed by atoms with Crippen molar-refractivity contribution in [2.24, 2.45) is 0 Å². The Bertz CT molecular complexity index is 689. The van der Waals surface area contributed by atoms with Crippen molar-refractivity contribution in [2.45, 2.75) is 13.1 Å². The van der Waals surface area contributed by atoms with Gasteiger partial charge in [0.2, 0.25) is 0 Å². The Kier molecular flexibility index (Phi) is 3.00. The van der Waals surface area contributed by atoms with Crippen LogP contribution in [0.4, 0.5) is 18.9 Å². The van der Waals surface area contributed by atoms with Crippen LogP contribution in [0.25, 0.3) is 5.65 Å². The SMILES string of the molecule is Cc1c(C(F)(F)F)nc2cc(N(C)C)ccn2c1=O. The van der Waals surface area contributed by atoms with Gasteiger partial charge in [0.1, 0.15) is 5.65 Å². The number of aromatic nitrogens is 2. The minimum absolute atomic E-state index is 0.0193. The molecule has 0 fully saturated rings. The van der Waals surface area contributed by atoms with Gasteiger partial charge < -0.3 is 4.90 Å². The van der Waals surface area contributed by atoms with Gasteiger partial charge in [-0.15, -0.1) is 0 Å². The van der Waals surface area contributed by atoms with Crippen LogP contribution >= 0.6 is 0 Å². The highest BCUT2D eigenvalue weighted by Crippen LogP contribution is 2.29. The third kappa shape index (κ3) is 2.27. The maximum Gasteiger partial charge on any atom is 0.433 e. The molecule has 0 radical (unpaired) electrons. The van der Waals surface area contributed by atoms with E-state index in [0.717, 1.165) is 11.3 Å². The van der Waals surface area contributed by atoms with E-state index in [-0.39, 0.29) is 5.65 Å². The monoisotopic (exact) mass is 271 g/mol. The standard InChI is InChI=1S/C12H12F3N3O/c1-7-10(12(13,14)15)16-9-6-8(17(2)3)4-5-18(9)11(7)19/h4-6H,1-3H3. The summed E-state index contributed by atoms with van der Waals surface area (Å²) in [6.45, 7) is 1.13. The van der Waals surface area contributed by atoms with Crippen LogP contribution in [-0.2, 0) is 6.18 Å². The smallest absolute Gasteiger partial charge is 0.378 e. The predicted molar refractivity (Wildman–Crippen MR) is 65.5 cm³/mol. The molecule has 7 heteroatoms. The molecule has 0 saturated carbocycles. The first kappa shape index (κ1) is 13.4. The Balaban J connectivity index is 2.82. The van der Waals surface area contributed by atoms with E-state index in [4.69, 9.17) is 0 Å². The van der Waals surface area contributed by atoms with Crippen molar-refractivity contribution in [3.63, 3.8) is 0 Å². The van der Waals surface area contributed by atoms with Gasteiger partial charge in [-0.05, 0) is 13.0 Å². The molecule has 102 valence electrons. The molecule has 19 heavy (non-hydrogen) atoms. The molecule has 0 bridgehead atoms. The van der Waals surface area contributed by atoms with Crippen LogP contribution in [0.5, 0.6) is 0 Å². The van der Waals surface area contributed by atoms with E-state index >= 15 is 0 Å². The summed E-state index contributed by atoms with van der Waals surface area (Å²) in [5.74, 6) is 0. The number of hydrogen-bond acceptors (Lipinski definition) is 3. The topological polar surface area (TPSA) is 37.6 Å². The predicted octanol–water partition coefficient (Wildman–Crippen LogP) is 2.09. The number of pyridine rings is 1. The summed E-state index contributed by atoms with van der Waals surface area (Å²) in [7, 11) is 3.51. The molecule has 2 heterocycles. The zero-order valence-electron chi connectivity index (χ0n) is 10.6. The molecule has 0 N–H and O–H groups in total. The first-order chi connectivity index (χ1) is 8.71. The molecule has 4 nitrogen and oxygen atoms in total. The third-order valence-corrected chi connectivity index (χ3v) is 2.82. The van der Waals surface area contributed by atoms with Gasteiger partial charge in [-0.3, -0.25) is 9.20 Å². The van der Waals surface area contributed by atoms with E-state index in [9.17, 15) is 18.0 Å². The lowest BCUT2D eigenvalue weighted by Crippen LogP contribution is -2.24. The molecule has 0 saturated heterocycles. The van der Waals surface area contributed by atoms with Gasteiger partial charge in [0, 0.05) is 37.6 Å². The number of fused-ring (bicyclic) bond motifs is 1. The molecule has 2 rings (SSSR count). The molecule has 0 atom stereocenters. The van der Waals surface area contributed by atoms with Gasteiger partial charge in [0.05, 0.1) is 0 Å². The first-order valence-electron chi connectivity index (χ1n) is 5.49. The molecular formula is C12H12F3N3O. The van der Waals surface area contributed by atoms with Crippen molar-refractivity contribution < 1.29 is 13.2 Å². The van der Waals surface area contributed by atoms with Gasteiger partial charge in [-0.25, -0.2) is 4.98 Å². The molecule has 2 aromatic rings. The van der Waals surface area contributed by atoms with Gasteiger partial charge in [0.25, 0.3) is 5.56 Å². The Morgan fingerprint density at radius 2 is 1.95 bits per heavy atom. The molecule has 0 aliphatic rings. The highest BCUT2D eigenvalue weighted by atomic mass is 19.4. The zero-order chi connectivity index (χ0) is 14.4. The van der Waals surface area contributed by atoms with E-state index in [1.165, 1.54) is 12.3 Å². The fraction of sp³-hybridized carbons (Fsp3) is 0.333. The lowest BCUT2D eigenvalue weighted by Gasteiger charge is -2.15. The summed E-state index contributed by atoms with van der Waals surface area (Å²) in [6, 6.07) is 3.08.